The van der Waals surface area contributed by atoms with Crippen molar-refractivity contribution in [2.45, 2.75) is 31.7 Å². The number of carbonyl (C=O) groups excluding carboxylic acids is 1. The smallest absolute Gasteiger partial charge is 0.320 e. The fourth-order valence-electron chi connectivity index (χ4n) is 1.78. The van der Waals surface area contributed by atoms with E-state index in [0.717, 1.165) is 0 Å². The number of nitrogens with one attached hydrogen (secondary N) is 1. The van der Waals surface area contributed by atoms with E-state index in [-0.39, 0.29) is 12.3 Å². The molecule has 1 amide bonds. The molecule has 4 N–H and O–H groups in total. The van der Waals surface area contributed by atoms with Gasteiger partial charge in [0.1, 0.15) is 6.04 Å². The van der Waals surface area contributed by atoms with Gasteiger partial charge in [0.25, 0.3) is 0 Å². The fourth-order valence-corrected chi connectivity index (χ4v) is 1.78. The Balaban J connectivity index is 3.24. The molecule has 0 aromatic heterocycles. The molecule has 148 valence electrons. The quantitative estimate of drug-likeness (QED) is 0.284. The largest absolute Gasteiger partial charge is 0.480 e. The molecule has 0 unspecified atom stereocenters. The summed E-state index contributed by atoms with van der Waals surface area (Å²) < 4.78 is 20.7. The first kappa shape index (κ1) is 23.7. The molecule has 0 saturated carbocycles. The molecule has 0 radical (unpaired) electrons. The number of nitrogens with two attached hydrogens (primary N) is 1. The van der Waals surface area contributed by atoms with Crippen LogP contribution in [0.15, 0.2) is 0 Å². The zero-order valence-corrected chi connectivity index (χ0v) is 15.0. The molecule has 25 heavy (non-hydrogen) atoms. The summed E-state index contributed by atoms with van der Waals surface area (Å²) in [7, 11) is 1.62. The third-order valence-corrected chi connectivity index (χ3v) is 3.23. The second-order valence-corrected chi connectivity index (χ2v) is 5.37. The van der Waals surface area contributed by atoms with Gasteiger partial charge in [0.15, 0.2) is 0 Å². The molecule has 0 saturated heterocycles. The van der Waals surface area contributed by atoms with Crippen LogP contribution in [0, 0.1) is 0 Å². The maximum atomic E-state index is 11.5. The van der Waals surface area contributed by atoms with Gasteiger partial charge in [-0.25, -0.2) is 0 Å². The van der Waals surface area contributed by atoms with Crippen molar-refractivity contribution in [1.29, 1.82) is 0 Å². The Morgan fingerprint density at radius 1 is 0.960 bits per heavy atom. The van der Waals surface area contributed by atoms with Crippen LogP contribution < -0.4 is 11.1 Å². The van der Waals surface area contributed by atoms with Crippen molar-refractivity contribution in [1.82, 2.24) is 5.32 Å². The lowest BCUT2D eigenvalue weighted by Crippen LogP contribution is -2.30. The van der Waals surface area contributed by atoms with Crippen molar-refractivity contribution < 1.29 is 33.6 Å². The lowest BCUT2D eigenvalue weighted by molar-refractivity contribution is -0.138. The predicted octanol–water partition coefficient (Wildman–Crippen LogP) is -0.229. The molecule has 9 heteroatoms. The minimum atomic E-state index is -0.996. The van der Waals surface area contributed by atoms with Crippen LogP contribution in [0.3, 0.4) is 0 Å². The molecule has 0 aliphatic rings. The molecular formula is C16H32N2O7. The summed E-state index contributed by atoms with van der Waals surface area (Å²) in [6.07, 6.45) is 2.06. The number of carboxylic acid groups (broad SMARTS) is 1. The Hall–Kier alpha value is -1.26. The molecule has 0 bridgehead atoms. The van der Waals surface area contributed by atoms with Gasteiger partial charge in [0.2, 0.25) is 5.91 Å². The second kappa shape index (κ2) is 17.6. The highest BCUT2D eigenvalue weighted by molar-refractivity contribution is 5.75. The molecule has 0 aliphatic carbocycles. The van der Waals surface area contributed by atoms with Crippen molar-refractivity contribution >= 4 is 11.9 Å². The lowest BCUT2D eigenvalue weighted by Gasteiger charge is -2.08. The Bertz CT molecular complexity index is 342. The van der Waals surface area contributed by atoms with Gasteiger partial charge in [-0.2, -0.15) is 0 Å². The van der Waals surface area contributed by atoms with Gasteiger partial charge in [-0.1, -0.05) is 0 Å². The van der Waals surface area contributed by atoms with Gasteiger partial charge in [0, 0.05) is 20.1 Å². The van der Waals surface area contributed by atoms with Gasteiger partial charge < -0.3 is 35.1 Å². The van der Waals surface area contributed by atoms with Crippen LogP contribution in [-0.2, 0) is 28.5 Å². The number of amides is 1. The van der Waals surface area contributed by atoms with Crippen LogP contribution in [0.2, 0.25) is 0 Å². The number of rotatable bonds is 18. The zero-order chi connectivity index (χ0) is 18.8. The number of methoxy groups -OCH3 is 1. The Kier molecular flexibility index (Phi) is 16.7. The summed E-state index contributed by atoms with van der Waals surface area (Å²) in [6, 6.07) is -0.830. The van der Waals surface area contributed by atoms with Gasteiger partial charge in [0.05, 0.1) is 46.2 Å². The molecule has 9 nitrogen and oxygen atoms in total. The fraction of sp³-hybridized carbons (Fsp3) is 0.875. The number of ether oxygens (including phenoxy) is 4. The highest BCUT2D eigenvalue weighted by Gasteiger charge is 2.10. The number of hydrogen-bond donors (Lipinski definition) is 3. The Morgan fingerprint density at radius 3 is 2.08 bits per heavy atom. The van der Waals surface area contributed by atoms with E-state index in [4.69, 9.17) is 29.8 Å². The highest BCUT2D eigenvalue weighted by Crippen LogP contribution is 1.98. The van der Waals surface area contributed by atoms with E-state index in [1.165, 1.54) is 0 Å². The number of unbranched alkanes of at least 4 members (excludes halogenated alkanes) is 1. The van der Waals surface area contributed by atoms with Crippen LogP contribution >= 0.6 is 0 Å². The summed E-state index contributed by atoms with van der Waals surface area (Å²) in [6.45, 7) is 3.87. The number of aliphatic carboxylic acids is 1. The number of carbonyl (C=O) groups is 2. The van der Waals surface area contributed by atoms with Crippen LogP contribution in [0.5, 0.6) is 0 Å². The average molecular weight is 364 g/mol. The SMILES string of the molecule is COCCOCCOCCOCCC(=O)NCCCC[C@H](N)C(=O)O. The van der Waals surface area contributed by atoms with E-state index in [1.54, 1.807) is 7.11 Å². The van der Waals surface area contributed by atoms with E-state index in [9.17, 15) is 9.59 Å². The monoisotopic (exact) mass is 364 g/mol. The second-order valence-electron chi connectivity index (χ2n) is 5.37. The molecule has 0 spiro atoms. The van der Waals surface area contributed by atoms with Crippen molar-refractivity contribution in [3.63, 3.8) is 0 Å². The summed E-state index contributed by atoms with van der Waals surface area (Å²) in [5, 5.41) is 11.4. The molecule has 1 atom stereocenters. The first-order valence-electron chi connectivity index (χ1n) is 8.55. The molecule has 0 aromatic rings. The Labute approximate surface area is 149 Å². The first-order valence-corrected chi connectivity index (χ1v) is 8.55. The van der Waals surface area contributed by atoms with Gasteiger partial charge >= 0.3 is 5.97 Å². The third kappa shape index (κ3) is 17.4. The molecule has 0 fully saturated rings. The molecule has 0 rings (SSSR count). The molecule has 0 aromatic carbocycles. The van der Waals surface area contributed by atoms with E-state index < -0.39 is 12.0 Å². The summed E-state index contributed by atoms with van der Waals surface area (Å²) in [4.78, 5) is 22.1. The lowest BCUT2D eigenvalue weighted by atomic mass is 10.1. The maximum Gasteiger partial charge on any atom is 0.320 e. The third-order valence-electron chi connectivity index (χ3n) is 3.23. The van der Waals surface area contributed by atoms with Crippen LogP contribution in [0.1, 0.15) is 25.7 Å². The van der Waals surface area contributed by atoms with Crippen molar-refractivity contribution in [3.05, 3.63) is 0 Å². The minimum absolute atomic E-state index is 0.0880. The first-order chi connectivity index (χ1) is 12.1. The number of carboxylic acids is 1. The van der Waals surface area contributed by atoms with Crippen LogP contribution in [0.25, 0.3) is 0 Å². The molecule has 0 aliphatic heterocycles. The van der Waals surface area contributed by atoms with E-state index >= 15 is 0 Å². The maximum absolute atomic E-state index is 11.5. The van der Waals surface area contributed by atoms with Crippen molar-refractivity contribution in [2.75, 3.05) is 59.9 Å². The summed E-state index contributed by atoms with van der Waals surface area (Å²) in [5.74, 6) is -1.08. The summed E-state index contributed by atoms with van der Waals surface area (Å²) >= 11 is 0. The van der Waals surface area contributed by atoms with Gasteiger partial charge in [-0.3, -0.25) is 9.59 Å². The van der Waals surface area contributed by atoms with Gasteiger partial charge in [-0.05, 0) is 19.3 Å². The van der Waals surface area contributed by atoms with Crippen molar-refractivity contribution in [3.8, 4) is 0 Å². The Morgan fingerprint density at radius 2 is 1.52 bits per heavy atom. The average Bonchev–Trinajstić information content (AvgIpc) is 2.59. The van der Waals surface area contributed by atoms with E-state index in [2.05, 4.69) is 5.32 Å². The standard InChI is InChI=1S/C16H32N2O7/c1-22-8-9-24-12-13-25-11-10-23-7-5-15(19)18-6-3-2-4-14(17)16(20)21/h14H,2-13,17H2,1H3,(H,18,19)(H,20,21)/t14-/m0/s1. The van der Waals surface area contributed by atoms with Crippen molar-refractivity contribution in [2.24, 2.45) is 5.73 Å². The summed E-state index contributed by atoms with van der Waals surface area (Å²) in [5.41, 5.74) is 5.38. The minimum Gasteiger partial charge on any atom is -0.480 e. The molecule has 0 heterocycles. The number of hydrogen-bond acceptors (Lipinski definition) is 7. The van der Waals surface area contributed by atoms with E-state index in [0.29, 0.717) is 72.1 Å². The van der Waals surface area contributed by atoms with Crippen LogP contribution in [-0.4, -0.2) is 82.9 Å². The van der Waals surface area contributed by atoms with E-state index in [1.807, 2.05) is 0 Å². The normalized spacial score (nSPS) is 12.1. The topological polar surface area (TPSA) is 129 Å². The van der Waals surface area contributed by atoms with Gasteiger partial charge in [-0.15, -0.1) is 0 Å². The molecular weight excluding hydrogens is 332 g/mol. The highest BCUT2D eigenvalue weighted by atomic mass is 16.6. The predicted molar refractivity (Wildman–Crippen MR) is 91.4 cm³/mol. The zero-order valence-electron chi connectivity index (χ0n) is 15.0. The van der Waals surface area contributed by atoms with Crippen LogP contribution in [0.4, 0.5) is 0 Å².